The highest BCUT2D eigenvalue weighted by Crippen LogP contribution is 2.19. The van der Waals surface area contributed by atoms with Crippen molar-refractivity contribution in [3.8, 4) is 6.07 Å². The summed E-state index contributed by atoms with van der Waals surface area (Å²) >= 11 is 0. The zero-order valence-corrected chi connectivity index (χ0v) is 9.78. The molecule has 1 fully saturated rings. The molecular formula is C13H17N3O. The first-order valence-electron chi connectivity index (χ1n) is 5.94. The molecule has 1 saturated heterocycles. The maximum atomic E-state index is 8.98. The molecule has 90 valence electrons. The van der Waals surface area contributed by atoms with Crippen LogP contribution in [0.15, 0.2) is 18.2 Å². The molecule has 4 heteroatoms. The quantitative estimate of drug-likeness (QED) is 0.779. The van der Waals surface area contributed by atoms with Crippen molar-refractivity contribution in [2.24, 2.45) is 0 Å². The van der Waals surface area contributed by atoms with Gasteiger partial charge in [0, 0.05) is 18.8 Å². The minimum absolute atomic E-state index is 0.377. The number of ether oxygens (including phenoxy) is 1. The maximum Gasteiger partial charge on any atom is 0.101 e. The molecule has 0 radical (unpaired) electrons. The van der Waals surface area contributed by atoms with Gasteiger partial charge in [0.25, 0.3) is 0 Å². The number of rotatable bonds is 4. The Hall–Kier alpha value is -1.73. The van der Waals surface area contributed by atoms with E-state index in [1.807, 2.05) is 6.07 Å². The van der Waals surface area contributed by atoms with E-state index in [0.717, 1.165) is 38.1 Å². The van der Waals surface area contributed by atoms with Gasteiger partial charge < -0.3 is 15.8 Å². The number of nitriles is 1. The van der Waals surface area contributed by atoms with Gasteiger partial charge in [-0.1, -0.05) is 0 Å². The smallest absolute Gasteiger partial charge is 0.101 e. The molecule has 1 heterocycles. The predicted molar refractivity (Wildman–Crippen MR) is 67.7 cm³/mol. The summed E-state index contributed by atoms with van der Waals surface area (Å²) in [6.07, 6.45) is 3.67. The van der Waals surface area contributed by atoms with E-state index in [-0.39, 0.29) is 0 Å². The molecule has 1 aliphatic rings. The zero-order valence-electron chi connectivity index (χ0n) is 9.78. The maximum absolute atomic E-state index is 8.98. The van der Waals surface area contributed by atoms with Gasteiger partial charge in [0.15, 0.2) is 0 Å². The van der Waals surface area contributed by atoms with Crippen LogP contribution in [0.5, 0.6) is 0 Å². The third-order valence-corrected chi connectivity index (χ3v) is 2.97. The summed E-state index contributed by atoms with van der Waals surface area (Å²) in [4.78, 5) is 0. The van der Waals surface area contributed by atoms with Crippen LogP contribution in [0.4, 0.5) is 11.4 Å². The summed E-state index contributed by atoms with van der Waals surface area (Å²) < 4.78 is 5.54. The van der Waals surface area contributed by atoms with Crippen LogP contribution in [0.1, 0.15) is 24.8 Å². The van der Waals surface area contributed by atoms with Crippen molar-refractivity contribution in [1.29, 1.82) is 5.26 Å². The molecule has 1 aliphatic heterocycles. The van der Waals surface area contributed by atoms with E-state index >= 15 is 0 Å². The molecule has 1 aromatic carbocycles. The molecule has 0 amide bonds. The highest BCUT2D eigenvalue weighted by molar-refractivity contribution is 5.62. The predicted octanol–water partition coefficient (Wildman–Crippen LogP) is 2.12. The average Bonchev–Trinajstić information content (AvgIpc) is 2.84. The lowest BCUT2D eigenvalue weighted by molar-refractivity contribution is 0.107. The van der Waals surface area contributed by atoms with Gasteiger partial charge in [-0.15, -0.1) is 0 Å². The Kier molecular flexibility index (Phi) is 3.84. The Balaban J connectivity index is 1.88. The van der Waals surface area contributed by atoms with Gasteiger partial charge in [-0.3, -0.25) is 0 Å². The standard InChI is InChI=1S/C13H17N3O/c14-9-10-8-11(15)3-4-13(10)16-6-5-12-2-1-7-17-12/h3-4,8,12,16H,1-2,5-7,15H2. The number of nitrogen functional groups attached to an aromatic ring is 1. The molecule has 3 N–H and O–H groups in total. The second-order valence-electron chi connectivity index (χ2n) is 4.27. The van der Waals surface area contributed by atoms with Gasteiger partial charge in [0.2, 0.25) is 0 Å². The Morgan fingerprint density at radius 1 is 1.53 bits per heavy atom. The van der Waals surface area contributed by atoms with Gasteiger partial charge in [-0.25, -0.2) is 0 Å². The molecule has 1 aromatic rings. The lowest BCUT2D eigenvalue weighted by Crippen LogP contribution is -2.13. The summed E-state index contributed by atoms with van der Waals surface area (Å²) in [6.45, 7) is 1.71. The fraction of sp³-hybridized carbons (Fsp3) is 0.462. The highest BCUT2D eigenvalue weighted by Gasteiger charge is 2.14. The largest absolute Gasteiger partial charge is 0.399 e. The van der Waals surface area contributed by atoms with Crippen LogP contribution >= 0.6 is 0 Å². The molecule has 2 rings (SSSR count). The van der Waals surface area contributed by atoms with Crippen LogP contribution in [0.3, 0.4) is 0 Å². The second kappa shape index (κ2) is 5.55. The Morgan fingerprint density at radius 3 is 3.12 bits per heavy atom. The number of nitrogens with two attached hydrogens (primary N) is 1. The summed E-state index contributed by atoms with van der Waals surface area (Å²) in [5.41, 5.74) is 7.69. The van der Waals surface area contributed by atoms with E-state index in [2.05, 4.69) is 11.4 Å². The number of anilines is 2. The number of hydrogen-bond acceptors (Lipinski definition) is 4. The van der Waals surface area contributed by atoms with E-state index in [9.17, 15) is 0 Å². The fourth-order valence-corrected chi connectivity index (χ4v) is 2.05. The highest BCUT2D eigenvalue weighted by atomic mass is 16.5. The van der Waals surface area contributed by atoms with E-state index in [4.69, 9.17) is 15.7 Å². The first-order valence-corrected chi connectivity index (χ1v) is 5.94. The third-order valence-electron chi connectivity index (χ3n) is 2.97. The van der Waals surface area contributed by atoms with Crippen LogP contribution in [0, 0.1) is 11.3 Å². The topological polar surface area (TPSA) is 71.1 Å². The Morgan fingerprint density at radius 2 is 2.41 bits per heavy atom. The molecule has 0 aliphatic carbocycles. The van der Waals surface area contributed by atoms with Crippen molar-refractivity contribution in [2.45, 2.75) is 25.4 Å². The van der Waals surface area contributed by atoms with E-state index < -0.39 is 0 Å². The third kappa shape index (κ3) is 3.11. The average molecular weight is 231 g/mol. The van der Waals surface area contributed by atoms with Crippen molar-refractivity contribution >= 4 is 11.4 Å². The van der Waals surface area contributed by atoms with Crippen LogP contribution in [-0.4, -0.2) is 19.3 Å². The van der Waals surface area contributed by atoms with Crippen molar-refractivity contribution < 1.29 is 4.74 Å². The normalized spacial score (nSPS) is 18.9. The van der Waals surface area contributed by atoms with E-state index in [0.29, 0.717) is 17.4 Å². The van der Waals surface area contributed by atoms with Crippen LogP contribution in [0.25, 0.3) is 0 Å². The molecule has 0 bridgehead atoms. The second-order valence-corrected chi connectivity index (χ2v) is 4.27. The van der Waals surface area contributed by atoms with Gasteiger partial charge in [-0.2, -0.15) is 5.26 Å². The van der Waals surface area contributed by atoms with Crippen molar-refractivity contribution in [1.82, 2.24) is 0 Å². The minimum Gasteiger partial charge on any atom is -0.399 e. The van der Waals surface area contributed by atoms with Crippen LogP contribution < -0.4 is 11.1 Å². The molecule has 0 aromatic heterocycles. The van der Waals surface area contributed by atoms with Crippen molar-refractivity contribution in [3.05, 3.63) is 23.8 Å². The summed E-state index contributed by atoms with van der Waals surface area (Å²) in [6, 6.07) is 7.48. The first-order chi connectivity index (χ1) is 8.29. The molecular weight excluding hydrogens is 214 g/mol. The van der Waals surface area contributed by atoms with Gasteiger partial charge >= 0.3 is 0 Å². The van der Waals surface area contributed by atoms with Crippen LogP contribution in [0.2, 0.25) is 0 Å². The summed E-state index contributed by atoms with van der Waals surface area (Å²) in [7, 11) is 0. The molecule has 0 spiro atoms. The Labute approximate surface area is 101 Å². The van der Waals surface area contributed by atoms with Gasteiger partial charge in [-0.05, 0) is 37.5 Å². The van der Waals surface area contributed by atoms with Crippen LogP contribution in [-0.2, 0) is 4.74 Å². The lowest BCUT2D eigenvalue weighted by atomic mass is 10.1. The summed E-state index contributed by atoms with van der Waals surface area (Å²) in [5.74, 6) is 0. The number of benzene rings is 1. The SMILES string of the molecule is N#Cc1cc(N)ccc1NCCC1CCCO1. The lowest BCUT2D eigenvalue weighted by Gasteiger charge is -2.12. The monoisotopic (exact) mass is 231 g/mol. The van der Waals surface area contributed by atoms with Crippen molar-refractivity contribution in [2.75, 3.05) is 24.2 Å². The summed E-state index contributed by atoms with van der Waals surface area (Å²) in [5, 5.41) is 12.2. The van der Waals surface area contributed by atoms with E-state index in [1.54, 1.807) is 12.1 Å². The molecule has 17 heavy (non-hydrogen) atoms. The first kappa shape index (κ1) is 11.7. The van der Waals surface area contributed by atoms with Crippen molar-refractivity contribution in [3.63, 3.8) is 0 Å². The van der Waals surface area contributed by atoms with Gasteiger partial charge in [0.1, 0.15) is 6.07 Å². The number of nitrogens with one attached hydrogen (secondary N) is 1. The Bertz CT molecular complexity index is 419. The van der Waals surface area contributed by atoms with Gasteiger partial charge in [0.05, 0.1) is 17.4 Å². The molecule has 0 saturated carbocycles. The fourth-order valence-electron chi connectivity index (χ4n) is 2.05. The number of hydrogen-bond donors (Lipinski definition) is 2. The minimum atomic E-state index is 0.377. The molecule has 4 nitrogen and oxygen atoms in total. The number of nitrogens with zero attached hydrogens (tertiary/aromatic N) is 1. The molecule has 1 atom stereocenters. The molecule has 1 unspecified atom stereocenters. The zero-order chi connectivity index (χ0) is 12.1. The van der Waals surface area contributed by atoms with E-state index in [1.165, 1.54) is 0 Å².